The Balaban J connectivity index is 1.83. The predicted molar refractivity (Wildman–Crippen MR) is 107 cm³/mol. The summed E-state index contributed by atoms with van der Waals surface area (Å²) in [6.45, 7) is 0. The summed E-state index contributed by atoms with van der Waals surface area (Å²) in [5.74, 6) is -1.56. The molecule has 1 amide bonds. The Morgan fingerprint density at radius 2 is 1.86 bits per heavy atom. The number of hydrazine groups is 1. The number of imidazole rings is 1. The lowest BCUT2D eigenvalue weighted by Crippen LogP contribution is -2.42. The number of nitrogens with zero attached hydrogens (tertiary/aromatic N) is 2. The molecule has 3 rings (SSSR count). The minimum Gasteiger partial charge on any atom is -0.465 e. The normalized spacial score (nSPS) is 11.1. The van der Waals surface area contributed by atoms with Crippen molar-refractivity contribution in [2.24, 2.45) is 0 Å². The summed E-state index contributed by atoms with van der Waals surface area (Å²) in [4.78, 5) is 30.0. The molecule has 0 bridgehead atoms. The third kappa shape index (κ3) is 4.53. The summed E-state index contributed by atoms with van der Waals surface area (Å²) in [7, 11) is -3.12. The summed E-state index contributed by atoms with van der Waals surface area (Å²) in [6, 6.07) is 12.9. The largest absolute Gasteiger partial charge is 0.465 e. The van der Waals surface area contributed by atoms with Gasteiger partial charge in [0.2, 0.25) is 0 Å². The smallest absolute Gasteiger partial charge is 0.339 e. The van der Waals surface area contributed by atoms with Crippen LogP contribution in [-0.4, -0.2) is 37.0 Å². The summed E-state index contributed by atoms with van der Waals surface area (Å²) < 4.78 is 31.9. The second-order valence-corrected chi connectivity index (χ2v) is 8.24. The number of benzene rings is 2. The van der Waals surface area contributed by atoms with Crippen LogP contribution in [0.1, 0.15) is 20.8 Å². The van der Waals surface area contributed by atoms with E-state index in [0.717, 1.165) is 7.11 Å². The van der Waals surface area contributed by atoms with E-state index in [2.05, 4.69) is 31.1 Å². The molecular weight excluding hydrogens is 464 g/mol. The molecular formula is C18H15BrN4O5S. The summed E-state index contributed by atoms with van der Waals surface area (Å²) in [5.41, 5.74) is 2.74. The van der Waals surface area contributed by atoms with Crippen LogP contribution in [0.3, 0.4) is 0 Å². The molecule has 11 heteroatoms. The Bertz CT molecular complexity index is 1160. The van der Waals surface area contributed by atoms with Gasteiger partial charge in [-0.1, -0.05) is 34.1 Å². The van der Waals surface area contributed by atoms with Crippen molar-refractivity contribution in [3.8, 4) is 5.69 Å². The van der Waals surface area contributed by atoms with Crippen molar-refractivity contribution in [3.05, 3.63) is 76.8 Å². The van der Waals surface area contributed by atoms with E-state index in [-0.39, 0.29) is 16.2 Å². The predicted octanol–water partition coefficient (Wildman–Crippen LogP) is 2.04. The van der Waals surface area contributed by atoms with E-state index in [1.54, 1.807) is 24.3 Å². The lowest BCUT2D eigenvalue weighted by atomic mass is 10.2. The average Bonchev–Trinajstić information content (AvgIpc) is 3.22. The number of carbonyl (C=O) groups excluding carboxylic acids is 2. The van der Waals surface area contributed by atoms with Gasteiger partial charge in [-0.15, -0.1) is 4.83 Å². The molecule has 0 unspecified atom stereocenters. The number of carbonyl (C=O) groups is 2. The first-order valence-corrected chi connectivity index (χ1v) is 10.4. The zero-order valence-electron chi connectivity index (χ0n) is 15.0. The van der Waals surface area contributed by atoms with Crippen molar-refractivity contribution in [1.82, 2.24) is 19.8 Å². The van der Waals surface area contributed by atoms with Crippen LogP contribution >= 0.6 is 15.9 Å². The van der Waals surface area contributed by atoms with E-state index in [1.807, 2.05) is 10.9 Å². The molecule has 1 heterocycles. The molecule has 1 aromatic heterocycles. The molecule has 0 aliphatic rings. The molecule has 2 aromatic carbocycles. The van der Waals surface area contributed by atoms with Crippen molar-refractivity contribution >= 4 is 37.8 Å². The van der Waals surface area contributed by atoms with Gasteiger partial charge in [0.1, 0.15) is 5.69 Å². The number of ether oxygens (including phenoxy) is 1. The van der Waals surface area contributed by atoms with Gasteiger partial charge in [0.25, 0.3) is 15.9 Å². The molecule has 0 aliphatic heterocycles. The van der Waals surface area contributed by atoms with Crippen LogP contribution in [0.25, 0.3) is 5.69 Å². The molecule has 150 valence electrons. The molecule has 29 heavy (non-hydrogen) atoms. The Morgan fingerprint density at radius 1 is 1.14 bits per heavy atom. The number of esters is 1. The highest BCUT2D eigenvalue weighted by Gasteiger charge is 2.24. The molecule has 3 aromatic rings. The van der Waals surface area contributed by atoms with E-state index in [9.17, 15) is 18.0 Å². The second-order valence-electron chi connectivity index (χ2n) is 5.68. The van der Waals surface area contributed by atoms with Gasteiger partial charge in [-0.2, -0.15) is 0 Å². The van der Waals surface area contributed by atoms with Crippen molar-refractivity contribution < 1.29 is 22.7 Å². The Kier molecular flexibility index (Phi) is 6.11. The molecule has 0 spiro atoms. The monoisotopic (exact) mass is 478 g/mol. The van der Waals surface area contributed by atoms with Crippen molar-refractivity contribution in [2.45, 2.75) is 4.90 Å². The molecule has 0 aliphatic carbocycles. The van der Waals surface area contributed by atoms with Gasteiger partial charge in [0.15, 0.2) is 0 Å². The van der Waals surface area contributed by atoms with Crippen molar-refractivity contribution in [2.75, 3.05) is 7.11 Å². The minimum atomic E-state index is -4.26. The Labute approximate surface area is 174 Å². The quantitative estimate of drug-likeness (QED) is 0.413. The van der Waals surface area contributed by atoms with Crippen molar-refractivity contribution in [1.29, 1.82) is 0 Å². The van der Waals surface area contributed by atoms with Gasteiger partial charge >= 0.3 is 5.97 Å². The highest BCUT2D eigenvalue weighted by Crippen LogP contribution is 2.21. The van der Waals surface area contributed by atoms with E-state index >= 15 is 0 Å². The number of nitrogens with one attached hydrogen (secondary N) is 2. The number of amides is 1. The lowest BCUT2D eigenvalue weighted by Gasteiger charge is -2.12. The lowest BCUT2D eigenvalue weighted by molar-refractivity contribution is 0.0596. The third-order valence-electron chi connectivity index (χ3n) is 3.84. The third-order valence-corrected chi connectivity index (χ3v) is 5.64. The van der Waals surface area contributed by atoms with E-state index in [1.165, 1.54) is 35.3 Å². The maximum absolute atomic E-state index is 12.6. The van der Waals surface area contributed by atoms with Crippen molar-refractivity contribution in [3.63, 3.8) is 0 Å². The molecule has 9 nitrogen and oxygen atoms in total. The van der Waals surface area contributed by atoms with E-state index < -0.39 is 21.9 Å². The number of halogens is 1. The Hall–Kier alpha value is -3.02. The maximum atomic E-state index is 12.6. The van der Waals surface area contributed by atoms with Gasteiger partial charge < -0.3 is 4.74 Å². The van der Waals surface area contributed by atoms with Gasteiger partial charge in [0, 0.05) is 10.2 Å². The molecule has 2 N–H and O–H groups in total. The molecule has 0 radical (unpaired) electrons. The number of sulfonamides is 1. The molecule has 0 atom stereocenters. The number of methoxy groups -OCH3 is 1. The van der Waals surface area contributed by atoms with Crippen LogP contribution in [0, 0.1) is 0 Å². The SMILES string of the molecule is COC(=O)c1cc(Br)ccc1S(=O)(=O)NNC(=O)c1cncn1-c1ccccc1. The first-order chi connectivity index (χ1) is 13.8. The summed E-state index contributed by atoms with van der Waals surface area (Å²) >= 11 is 3.18. The zero-order valence-corrected chi connectivity index (χ0v) is 17.4. The fraction of sp³-hybridized carbons (Fsp3) is 0.0556. The van der Waals surface area contributed by atoms with Gasteiger partial charge in [-0.25, -0.2) is 18.2 Å². The highest BCUT2D eigenvalue weighted by molar-refractivity contribution is 9.10. The van der Waals surface area contributed by atoms with Gasteiger partial charge in [-0.05, 0) is 30.3 Å². The highest BCUT2D eigenvalue weighted by atomic mass is 79.9. The topological polar surface area (TPSA) is 119 Å². The Morgan fingerprint density at radius 3 is 2.55 bits per heavy atom. The van der Waals surface area contributed by atoms with Crippen LogP contribution in [0.5, 0.6) is 0 Å². The minimum absolute atomic E-state index is 0.114. The van der Waals surface area contributed by atoms with Crippen LogP contribution < -0.4 is 10.3 Å². The molecule has 0 fully saturated rings. The first-order valence-electron chi connectivity index (χ1n) is 8.11. The van der Waals surface area contributed by atoms with Crippen LogP contribution in [0.2, 0.25) is 0 Å². The number of hydrogen-bond donors (Lipinski definition) is 2. The number of aromatic nitrogens is 2. The van der Waals surface area contributed by atoms with E-state index in [0.29, 0.717) is 10.2 Å². The summed E-state index contributed by atoms with van der Waals surface area (Å²) in [6.07, 6.45) is 2.74. The van der Waals surface area contributed by atoms with Gasteiger partial charge in [-0.3, -0.25) is 14.8 Å². The summed E-state index contributed by atoms with van der Waals surface area (Å²) in [5, 5.41) is 0. The maximum Gasteiger partial charge on any atom is 0.339 e. The molecule has 0 saturated carbocycles. The van der Waals surface area contributed by atoms with E-state index in [4.69, 9.17) is 0 Å². The zero-order chi connectivity index (χ0) is 21.0. The van der Waals surface area contributed by atoms with Crippen LogP contribution in [-0.2, 0) is 14.8 Å². The number of rotatable bonds is 6. The number of para-hydroxylation sites is 1. The van der Waals surface area contributed by atoms with Crippen LogP contribution in [0.4, 0.5) is 0 Å². The van der Waals surface area contributed by atoms with Gasteiger partial charge in [0.05, 0.1) is 30.1 Å². The fourth-order valence-corrected chi connectivity index (χ4v) is 3.87. The fourth-order valence-electron chi connectivity index (χ4n) is 2.50. The first kappa shape index (κ1) is 20.7. The standard InChI is InChI=1S/C18H15BrN4O5S/c1-28-18(25)14-9-12(19)7-8-16(14)29(26,27)22-21-17(24)15-10-20-11-23(15)13-5-3-2-4-6-13/h2-11,22H,1H3,(H,21,24). The average molecular weight is 479 g/mol. The van der Waals surface area contributed by atoms with Crippen LogP contribution in [0.15, 0.2) is 70.4 Å². The number of hydrogen-bond acceptors (Lipinski definition) is 6. The second kappa shape index (κ2) is 8.55. The molecule has 0 saturated heterocycles.